The highest BCUT2D eigenvalue weighted by atomic mass is 19.4. The van der Waals surface area contributed by atoms with Crippen molar-refractivity contribution in [2.24, 2.45) is 0 Å². The number of carbonyl (C=O) groups excluding carboxylic acids is 1. The highest BCUT2D eigenvalue weighted by Crippen LogP contribution is 2.29. The summed E-state index contributed by atoms with van der Waals surface area (Å²) in [5, 5.41) is 3.82. The molecule has 3 aromatic rings. The summed E-state index contributed by atoms with van der Waals surface area (Å²) in [7, 11) is 0. The fourth-order valence-electron chi connectivity index (χ4n) is 4.01. The second-order valence-corrected chi connectivity index (χ2v) is 8.22. The number of aryl methyl sites for hydroxylation is 1. The maximum absolute atomic E-state index is 12.6. The lowest BCUT2D eigenvalue weighted by atomic mass is 10.1. The number of fused-ring (bicyclic) bond motifs is 1. The Hall–Kier alpha value is -3.09. The molecule has 1 fully saturated rings. The van der Waals surface area contributed by atoms with Gasteiger partial charge in [-0.1, -0.05) is 25.0 Å². The number of nitrogens with one attached hydrogen (secondary N) is 1. The molecule has 1 amide bonds. The van der Waals surface area contributed by atoms with Crippen LogP contribution in [0.25, 0.3) is 10.9 Å². The Morgan fingerprint density at radius 2 is 1.66 bits per heavy atom. The molecule has 2 heterocycles. The van der Waals surface area contributed by atoms with E-state index in [-0.39, 0.29) is 12.3 Å². The SMILES string of the molecule is O=C(CCc1ccc(C(F)(F)F)cc1)Nc1ccc2nc(N3CCCCCC3)ccc2c1. The van der Waals surface area contributed by atoms with Crippen LogP contribution in [0, 0.1) is 0 Å². The standard InChI is InChI=1S/C25H26F3N3O/c26-25(27,28)20-9-5-18(6-10-20)7-14-24(32)29-21-11-12-22-19(17-21)8-13-23(30-22)31-15-3-1-2-4-16-31/h5-6,8-13,17H,1-4,7,14-16H2,(H,29,32). The minimum Gasteiger partial charge on any atom is -0.357 e. The molecule has 4 nitrogen and oxygen atoms in total. The van der Waals surface area contributed by atoms with Gasteiger partial charge in [-0.05, 0) is 67.3 Å². The second kappa shape index (κ2) is 9.59. The largest absolute Gasteiger partial charge is 0.416 e. The smallest absolute Gasteiger partial charge is 0.357 e. The van der Waals surface area contributed by atoms with Crippen LogP contribution in [0.4, 0.5) is 24.7 Å². The number of aromatic nitrogens is 1. The third kappa shape index (κ3) is 5.58. The molecule has 1 aromatic heterocycles. The van der Waals surface area contributed by atoms with Gasteiger partial charge in [0.1, 0.15) is 5.82 Å². The van der Waals surface area contributed by atoms with E-state index in [1.165, 1.54) is 37.8 Å². The zero-order valence-electron chi connectivity index (χ0n) is 17.8. The van der Waals surface area contributed by atoms with Crippen LogP contribution in [-0.4, -0.2) is 24.0 Å². The fraction of sp³-hybridized carbons (Fsp3) is 0.360. The Bertz CT molecular complexity index is 1070. The number of nitrogens with zero attached hydrogens (tertiary/aromatic N) is 2. The van der Waals surface area contributed by atoms with Gasteiger partial charge in [0.15, 0.2) is 0 Å². The Kier molecular flexibility index (Phi) is 6.63. The molecule has 0 unspecified atom stereocenters. The van der Waals surface area contributed by atoms with E-state index < -0.39 is 11.7 Å². The molecule has 0 radical (unpaired) electrons. The van der Waals surface area contributed by atoms with Crippen LogP contribution in [-0.2, 0) is 17.4 Å². The van der Waals surface area contributed by atoms with E-state index >= 15 is 0 Å². The molecule has 7 heteroatoms. The zero-order valence-corrected chi connectivity index (χ0v) is 17.8. The van der Waals surface area contributed by atoms with E-state index in [2.05, 4.69) is 10.2 Å². The highest BCUT2D eigenvalue weighted by Gasteiger charge is 2.29. The van der Waals surface area contributed by atoms with Gasteiger partial charge in [0.25, 0.3) is 0 Å². The number of anilines is 2. The monoisotopic (exact) mass is 441 g/mol. The normalized spacial score (nSPS) is 14.9. The Balaban J connectivity index is 1.36. The number of hydrogen-bond acceptors (Lipinski definition) is 3. The predicted molar refractivity (Wildman–Crippen MR) is 121 cm³/mol. The molecular weight excluding hydrogens is 415 g/mol. The quantitative estimate of drug-likeness (QED) is 0.512. The topological polar surface area (TPSA) is 45.2 Å². The molecule has 1 aliphatic rings. The van der Waals surface area contributed by atoms with Gasteiger partial charge >= 0.3 is 6.18 Å². The van der Waals surface area contributed by atoms with Crippen molar-refractivity contribution in [3.8, 4) is 0 Å². The zero-order chi connectivity index (χ0) is 22.6. The molecular formula is C25H26F3N3O. The van der Waals surface area contributed by atoms with Crippen LogP contribution in [0.15, 0.2) is 54.6 Å². The minimum absolute atomic E-state index is 0.182. The fourth-order valence-corrected chi connectivity index (χ4v) is 4.01. The molecule has 0 spiro atoms. The maximum atomic E-state index is 12.6. The van der Waals surface area contributed by atoms with Crippen molar-refractivity contribution in [1.29, 1.82) is 0 Å². The van der Waals surface area contributed by atoms with Crippen molar-refractivity contribution >= 4 is 28.3 Å². The van der Waals surface area contributed by atoms with Gasteiger partial charge in [-0.2, -0.15) is 13.2 Å². The average molecular weight is 441 g/mol. The van der Waals surface area contributed by atoms with Crippen LogP contribution in [0.3, 0.4) is 0 Å². The van der Waals surface area contributed by atoms with E-state index in [1.807, 2.05) is 30.3 Å². The van der Waals surface area contributed by atoms with Crippen LogP contribution in [0.2, 0.25) is 0 Å². The molecule has 168 valence electrons. The van der Waals surface area contributed by atoms with Gasteiger partial charge < -0.3 is 10.2 Å². The molecule has 0 atom stereocenters. The number of rotatable bonds is 5. The van der Waals surface area contributed by atoms with E-state index in [0.29, 0.717) is 17.7 Å². The summed E-state index contributed by atoms with van der Waals surface area (Å²) < 4.78 is 37.9. The Morgan fingerprint density at radius 1 is 0.938 bits per heavy atom. The summed E-state index contributed by atoms with van der Waals surface area (Å²) in [6.45, 7) is 2.07. The lowest BCUT2D eigenvalue weighted by Gasteiger charge is -2.21. The van der Waals surface area contributed by atoms with Crippen molar-refractivity contribution in [3.63, 3.8) is 0 Å². The van der Waals surface area contributed by atoms with Crippen LogP contribution < -0.4 is 10.2 Å². The minimum atomic E-state index is -4.35. The Morgan fingerprint density at radius 3 is 2.34 bits per heavy atom. The lowest BCUT2D eigenvalue weighted by Crippen LogP contribution is -2.24. The van der Waals surface area contributed by atoms with Crippen molar-refractivity contribution < 1.29 is 18.0 Å². The van der Waals surface area contributed by atoms with E-state index in [9.17, 15) is 18.0 Å². The highest BCUT2D eigenvalue weighted by molar-refractivity contribution is 5.94. The molecule has 0 bridgehead atoms. The lowest BCUT2D eigenvalue weighted by molar-refractivity contribution is -0.137. The third-order valence-corrected chi connectivity index (χ3v) is 5.81. The molecule has 1 saturated heterocycles. The second-order valence-electron chi connectivity index (χ2n) is 8.22. The van der Waals surface area contributed by atoms with Gasteiger partial charge in [0, 0.05) is 30.6 Å². The van der Waals surface area contributed by atoms with Crippen LogP contribution in [0.5, 0.6) is 0 Å². The molecule has 2 aromatic carbocycles. The molecule has 4 rings (SSSR count). The summed E-state index contributed by atoms with van der Waals surface area (Å²) in [6, 6.07) is 14.6. The average Bonchev–Trinajstić information content (AvgIpc) is 3.07. The molecule has 1 aliphatic heterocycles. The molecule has 0 aliphatic carbocycles. The van der Waals surface area contributed by atoms with Crippen molar-refractivity contribution in [1.82, 2.24) is 4.98 Å². The van der Waals surface area contributed by atoms with E-state index in [0.717, 1.165) is 41.9 Å². The van der Waals surface area contributed by atoms with Gasteiger partial charge in [0.2, 0.25) is 5.91 Å². The van der Waals surface area contributed by atoms with E-state index in [4.69, 9.17) is 4.98 Å². The van der Waals surface area contributed by atoms with Gasteiger partial charge in [-0.15, -0.1) is 0 Å². The summed E-state index contributed by atoms with van der Waals surface area (Å²) in [5.74, 6) is 0.811. The number of carbonyl (C=O) groups is 1. The number of benzene rings is 2. The Labute approximate surface area is 185 Å². The number of halogens is 3. The summed E-state index contributed by atoms with van der Waals surface area (Å²) in [4.78, 5) is 19.5. The summed E-state index contributed by atoms with van der Waals surface area (Å²) in [6.07, 6.45) is 1.13. The number of hydrogen-bond donors (Lipinski definition) is 1. The van der Waals surface area contributed by atoms with E-state index in [1.54, 1.807) is 0 Å². The van der Waals surface area contributed by atoms with Gasteiger partial charge in [-0.25, -0.2) is 4.98 Å². The number of amides is 1. The van der Waals surface area contributed by atoms with Crippen molar-refractivity contribution in [2.45, 2.75) is 44.7 Å². The van der Waals surface area contributed by atoms with Crippen molar-refractivity contribution in [2.75, 3.05) is 23.3 Å². The van der Waals surface area contributed by atoms with Crippen molar-refractivity contribution in [3.05, 3.63) is 65.7 Å². The first kappa shape index (κ1) is 22.1. The summed E-state index contributed by atoms with van der Waals surface area (Å²) in [5.41, 5.74) is 1.57. The maximum Gasteiger partial charge on any atom is 0.416 e. The molecule has 1 N–H and O–H groups in total. The third-order valence-electron chi connectivity index (χ3n) is 5.81. The van der Waals surface area contributed by atoms with Gasteiger partial charge in [0.05, 0.1) is 11.1 Å². The summed E-state index contributed by atoms with van der Waals surface area (Å²) >= 11 is 0. The van der Waals surface area contributed by atoms with Gasteiger partial charge in [-0.3, -0.25) is 4.79 Å². The first-order valence-electron chi connectivity index (χ1n) is 11.0. The predicted octanol–water partition coefficient (Wildman–Crippen LogP) is 6.21. The molecule has 0 saturated carbocycles. The van der Waals surface area contributed by atoms with Crippen LogP contribution >= 0.6 is 0 Å². The number of pyridine rings is 1. The first-order valence-corrected chi connectivity index (χ1v) is 11.0. The first-order chi connectivity index (χ1) is 15.4. The van der Waals surface area contributed by atoms with Crippen LogP contribution in [0.1, 0.15) is 43.2 Å². The number of alkyl halides is 3. The molecule has 32 heavy (non-hydrogen) atoms.